The first-order chi connectivity index (χ1) is 11.1. The standard InChI is InChI=1S/C19H35N3O/c1-4-6-7-8-9-10-11-12-13-19-21-15-17-22(19,5-2)16-14-20-18(3)23/h7-8H,4-6,9-17H2,1-3H3/p+1/b8-7+. The van der Waals surface area contributed by atoms with Crippen molar-refractivity contribution >= 4 is 11.7 Å². The maximum absolute atomic E-state index is 11.1. The number of allylic oxidation sites excluding steroid dienone is 2. The Morgan fingerprint density at radius 3 is 2.70 bits per heavy atom. The van der Waals surface area contributed by atoms with Crippen molar-refractivity contribution in [1.29, 1.82) is 0 Å². The van der Waals surface area contributed by atoms with Crippen molar-refractivity contribution in [1.82, 2.24) is 5.32 Å². The van der Waals surface area contributed by atoms with Crippen molar-refractivity contribution in [3.05, 3.63) is 12.2 Å². The smallest absolute Gasteiger partial charge is 0.217 e. The van der Waals surface area contributed by atoms with Crippen LogP contribution in [-0.2, 0) is 4.79 Å². The van der Waals surface area contributed by atoms with E-state index in [1.165, 1.54) is 44.4 Å². The molecule has 0 bridgehead atoms. The van der Waals surface area contributed by atoms with E-state index < -0.39 is 0 Å². The zero-order valence-electron chi connectivity index (χ0n) is 15.4. The van der Waals surface area contributed by atoms with Crippen LogP contribution in [0.15, 0.2) is 17.1 Å². The molecule has 0 aliphatic carbocycles. The van der Waals surface area contributed by atoms with Crippen LogP contribution in [0.4, 0.5) is 0 Å². The molecule has 4 nitrogen and oxygen atoms in total. The van der Waals surface area contributed by atoms with E-state index in [2.05, 4.69) is 31.3 Å². The average molecular weight is 323 g/mol. The minimum Gasteiger partial charge on any atom is -0.351 e. The van der Waals surface area contributed by atoms with Crippen molar-refractivity contribution < 1.29 is 9.28 Å². The molecule has 0 saturated heterocycles. The van der Waals surface area contributed by atoms with Crippen molar-refractivity contribution in [3.63, 3.8) is 0 Å². The van der Waals surface area contributed by atoms with Crippen LogP contribution in [0, 0.1) is 0 Å². The maximum Gasteiger partial charge on any atom is 0.217 e. The third kappa shape index (κ3) is 7.30. The Hall–Kier alpha value is -1.16. The molecular weight excluding hydrogens is 286 g/mol. The Morgan fingerprint density at radius 2 is 2.00 bits per heavy atom. The van der Waals surface area contributed by atoms with Gasteiger partial charge in [0.2, 0.25) is 5.91 Å². The Morgan fingerprint density at radius 1 is 1.22 bits per heavy atom. The molecule has 4 heteroatoms. The van der Waals surface area contributed by atoms with E-state index in [4.69, 9.17) is 4.99 Å². The zero-order valence-corrected chi connectivity index (χ0v) is 15.4. The summed E-state index contributed by atoms with van der Waals surface area (Å²) in [6, 6.07) is 0. The minimum absolute atomic E-state index is 0.0630. The summed E-state index contributed by atoms with van der Waals surface area (Å²) in [5, 5.41) is 2.94. The monoisotopic (exact) mass is 322 g/mol. The molecule has 0 radical (unpaired) electrons. The van der Waals surface area contributed by atoms with Crippen LogP contribution in [0.3, 0.4) is 0 Å². The van der Waals surface area contributed by atoms with E-state index in [1.54, 1.807) is 6.92 Å². The number of likely N-dealkylation sites (N-methyl/N-ethyl adjacent to an activating group) is 1. The highest BCUT2D eigenvalue weighted by Gasteiger charge is 2.35. The average Bonchev–Trinajstić information content (AvgIpc) is 2.93. The quantitative estimate of drug-likeness (QED) is 0.332. The summed E-state index contributed by atoms with van der Waals surface area (Å²) in [5.74, 6) is 1.42. The number of quaternary nitrogens is 1. The van der Waals surface area contributed by atoms with Crippen LogP contribution in [0.2, 0.25) is 0 Å². The van der Waals surface area contributed by atoms with E-state index in [0.717, 1.165) is 43.6 Å². The third-order valence-electron chi connectivity index (χ3n) is 4.78. The highest BCUT2D eigenvalue weighted by molar-refractivity contribution is 5.77. The molecule has 1 amide bonds. The predicted molar refractivity (Wildman–Crippen MR) is 98.7 cm³/mol. The number of amides is 1. The summed E-state index contributed by atoms with van der Waals surface area (Å²) >= 11 is 0. The van der Waals surface area contributed by atoms with E-state index in [-0.39, 0.29) is 5.91 Å². The fraction of sp³-hybridized carbons (Fsp3) is 0.789. The molecule has 23 heavy (non-hydrogen) atoms. The highest BCUT2D eigenvalue weighted by atomic mass is 16.1. The fourth-order valence-corrected chi connectivity index (χ4v) is 3.28. The molecule has 1 aliphatic rings. The van der Waals surface area contributed by atoms with Gasteiger partial charge in [0.15, 0.2) is 5.84 Å². The van der Waals surface area contributed by atoms with Gasteiger partial charge < -0.3 is 5.32 Å². The lowest BCUT2D eigenvalue weighted by Crippen LogP contribution is -2.54. The molecule has 0 spiro atoms. The molecule has 132 valence electrons. The number of nitrogens with one attached hydrogen (secondary N) is 1. The molecule has 1 N–H and O–H groups in total. The van der Waals surface area contributed by atoms with Gasteiger partial charge in [-0.25, -0.2) is 4.99 Å². The van der Waals surface area contributed by atoms with Gasteiger partial charge in [-0.05, 0) is 32.6 Å². The summed E-state index contributed by atoms with van der Waals surface area (Å²) in [6.07, 6.45) is 13.2. The lowest BCUT2D eigenvalue weighted by atomic mass is 10.1. The summed E-state index contributed by atoms with van der Waals surface area (Å²) < 4.78 is 0.983. The lowest BCUT2D eigenvalue weighted by Gasteiger charge is -2.33. The van der Waals surface area contributed by atoms with E-state index >= 15 is 0 Å². The fourth-order valence-electron chi connectivity index (χ4n) is 3.28. The SMILES string of the molecule is CCC/C=C/CCCCCC1=NCC[N+]1(CC)CCNC(C)=O. The molecule has 0 aromatic carbocycles. The van der Waals surface area contributed by atoms with Crippen molar-refractivity contribution in [3.8, 4) is 0 Å². The first-order valence-electron chi connectivity index (χ1n) is 9.44. The van der Waals surface area contributed by atoms with Crippen LogP contribution in [0.1, 0.15) is 65.7 Å². The minimum atomic E-state index is 0.0630. The second-order valence-corrected chi connectivity index (χ2v) is 6.55. The van der Waals surface area contributed by atoms with E-state index in [9.17, 15) is 4.79 Å². The number of nitrogens with zero attached hydrogens (tertiary/aromatic N) is 2. The largest absolute Gasteiger partial charge is 0.351 e. The van der Waals surface area contributed by atoms with Gasteiger partial charge in [0.05, 0.1) is 19.6 Å². The van der Waals surface area contributed by atoms with Crippen molar-refractivity contribution in [2.75, 3.05) is 32.7 Å². The number of unbranched alkanes of at least 4 members (excludes halogenated alkanes) is 4. The summed E-state index contributed by atoms with van der Waals surface area (Å²) in [5.41, 5.74) is 0. The number of carbonyl (C=O) groups is 1. The van der Waals surface area contributed by atoms with Gasteiger partial charge in [-0.15, -0.1) is 0 Å². The summed E-state index contributed by atoms with van der Waals surface area (Å²) in [6.45, 7) is 10.9. The molecule has 1 unspecified atom stereocenters. The lowest BCUT2D eigenvalue weighted by molar-refractivity contribution is -0.833. The zero-order chi connectivity index (χ0) is 17.0. The first kappa shape index (κ1) is 19.9. The van der Waals surface area contributed by atoms with Gasteiger partial charge in [-0.2, -0.15) is 0 Å². The molecule has 0 aromatic heterocycles. The van der Waals surface area contributed by atoms with Gasteiger partial charge in [0.25, 0.3) is 0 Å². The second kappa shape index (κ2) is 11.4. The Balaban J connectivity index is 2.29. The van der Waals surface area contributed by atoms with Crippen LogP contribution < -0.4 is 5.32 Å². The molecule has 1 heterocycles. The van der Waals surface area contributed by atoms with Crippen LogP contribution >= 0.6 is 0 Å². The molecule has 0 saturated carbocycles. The normalized spacial score (nSPS) is 20.9. The van der Waals surface area contributed by atoms with Gasteiger partial charge >= 0.3 is 0 Å². The number of rotatable bonds is 12. The maximum atomic E-state index is 11.1. The van der Waals surface area contributed by atoms with Crippen molar-refractivity contribution in [2.24, 2.45) is 4.99 Å². The summed E-state index contributed by atoms with van der Waals surface area (Å²) in [7, 11) is 0. The molecule has 0 fully saturated rings. The molecule has 1 atom stereocenters. The van der Waals surface area contributed by atoms with Gasteiger partial charge in [-0.3, -0.25) is 9.28 Å². The Bertz CT molecular complexity index is 403. The van der Waals surface area contributed by atoms with Crippen LogP contribution in [-0.4, -0.2) is 48.9 Å². The number of amidine groups is 1. The molecular formula is C19H36N3O+. The van der Waals surface area contributed by atoms with E-state index in [0.29, 0.717) is 0 Å². The van der Waals surface area contributed by atoms with Gasteiger partial charge in [0, 0.05) is 13.3 Å². The Kier molecular flexibility index (Phi) is 9.85. The third-order valence-corrected chi connectivity index (χ3v) is 4.78. The van der Waals surface area contributed by atoms with Crippen molar-refractivity contribution in [2.45, 2.75) is 65.7 Å². The van der Waals surface area contributed by atoms with Crippen LogP contribution in [0.5, 0.6) is 0 Å². The highest BCUT2D eigenvalue weighted by Crippen LogP contribution is 2.19. The molecule has 1 aliphatic heterocycles. The van der Waals surface area contributed by atoms with E-state index in [1.807, 2.05) is 0 Å². The number of carbonyl (C=O) groups excluding carboxylic acids is 1. The van der Waals surface area contributed by atoms with Gasteiger partial charge in [-0.1, -0.05) is 31.9 Å². The van der Waals surface area contributed by atoms with Gasteiger partial charge in [0.1, 0.15) is 13.1 Å². The number of aliphatic imine (C=N–C) groups is 1. The second-order valence-electron chi connectivity index (χ2n) is 6.55. The predicted octanol–water partition coefficient (Wildman–Crippen LogP) is 3.68. The first-order valence-corrected chi connectivity index (χ1v) is 9.44. The number of hydrogen-bond acceptors (Lipinski definition) is 2. The Labute approximate surface area is 142 Å². The van der Waals surface area contributed by atoms with Crippen LogP contribution in [0.25, 0.3) is 0 Å². The molecule has 0 aromatic rings. The number of hydrogen-bond donors (Lipinski definition) is 1. The molecule has 1 rings (SSSR count). The topological polar surface area (TPSA) is 41.5 Å². The summed E-state index contributed by atoms with van der Waals surface area (Å²) in [4.78, 5) is 15.9.